The molecule has 1 aliphatic carbocycles. The van der Waals surface area contributed by atoms with Gasteiger partial charge in [-0.05, 0) is 49.7 Å². The highest BCUT2D eigenvalue weighted by molar-refractivity contribution is 5.95. The average Bonchev–Trinajstić information content (AvgIpc) is 3.19. The number of carbonyl (C=O) groups excluding carboxylic acids is 2. The second-order valence-corrected chi connectivity index (χ2v) is 6.96. The fourth-order valence-electron chi connectivity index (χ4n) is 3.94. The Morgan fingerprint density at radius 3 is 2.83 bits per heavy atom. The van der Waals surface area contributed by atoms with Gasteiger partial charge in [0.1, 0.15) is 6.04 Å². The van der Waals surface area contributed by atoms with E-state index in [1.165, 1.54) is 31.9 Å². The molecule has 126 valence electrons. The monoisotopic (exact) mass is 318 g/mol. The van der Waals surface area contributed by atoms with Crippen LogP contribution >= 0.6 is 0 Å². The van der Waals surface area contributed by atoms with Gasteiger partial charge in [0.05, 0.1) is 6.26 Å². The zero-order valence-electron chi connectivity index (χ0n) is 13.8. The number of carbonyl (C=O) groups is 2. The van der Waals surface area contributed by atoms with E-state index in [2.05, 4.69) is 12.2 Å². The summed E-state index contributed by atoms with van der Waals surface area (Å²) >= 11 is 0. The molecule has 5 heteroatoms. The summed E-state index contributed by atoms with van der Waals surface area (Å²) in [5.74, 6) is 0.121. The van der Waals surface area contributed by atoms with Crippen LogP contribution in [0.2, 0.25) is 0 Å². The second-order valence-electron chi connectivity index (χ2n) is 6.96. The first-order valence-electron chi connectivity index (χ1n) is 8.77. The third kappa shape index (κ3) is 3.28. The maximum absolute atomic E-state index is 12.6. The van der Waals surface area contributed by atoms with Crippen molar-refractivity contribution in [2.24, 2.45) is 5.41 Å². The zero-order chi connectivity index (χ0) is 16.3. The van der Waals surface area contributed by atoms with Crippen molar-refractivity contribution in [3.05, 3.63) is 24.2 Å². The third-order valence-electron chi connectivity index (χ3n) is 5.38. The van der Waals surface area contributed by atoms with Gasteiger partial charge in [0, 0.05) is 13.1 Å². The molecule has 2 aliphatic rings. The molecule has 3 rings (SSSR count). The van der Waals surface area contributed by atoms with Gasteiger partial charge in [0.25, 0.3) is 5.91 Å². The minimum absolute atomic E-state index is 0.00946. The summed E-state index contributed by atoms with van der Waals surface area (Å²) in [6.07, 6.45) is 9.10. The molecule has 1 aliphatic heterocycles. The van der Waals surface area contributed by atoms with E-state index < -0.39 is 0 Å². The molecule has 0 bridgehead atoms. The summed E-state index contributed by atoms with van der Waals surface area (Å²) in [6.45, 7) is 3.57. The molecule has 2 amide bonds. The zero-order valence-corrected chi connectivity index (χ0v) is 13.8. The number of nitrogens with one attached hydrogen (secondary N) is 1. The molecular formula is C18H26N2O3. The lowest BCUT2D eigenvalue weighted by molar-refractivity contribution is -0.125. The van der Waals surface area contributed by atoms with Gasteiger partial charge in [-0.25, -0.2) is 0 Å². The number of rotatable bonds is 6. The quantitative estimate of drug-likeness (QED) is 0.877. The Morgan fingerprint density at radius 1 is 1.39 bits per heavy atom. The van der Waals surface area contributed by atoms with Crippen LogP contribution in [0, 0.1) is 5.41 Å². The smallest absolute Gasteiger partial charge is 0.290 e. The first kappa shape index (κ1) is 16.1. The van der Waals surface area contributed by atoms with Crippen molar-refractivity contribution >= 4 is 11.8 Å². The highest BCUT2D eigenvalue weighted by atomic mass is 16.3. The number of likely N-dealkylation sites (tertiary alicyclic amines) is 1. The molecule has 2 fully saturated rings. The van der Waals surface area contributed by atoms with Crippen LogP contribution < -0.4 is 5.32 Å². The summed E-state index contributed by atoms with van der Waals surface area (Å²) in [7, 11) is 0. The van der Waals surface area contributed by atoms with Crippen LogP contribution in [0.25, 0.3) is 0 Å². The van der Waals surface area contributed by atoms with Crippen LogP contribution in [0.5, 0.6) is 0 Å². The largest absolute Gasteiger partial charge is 0.459 e. The molecule has 1 aromatic rings. The Bertz CT molecular complexity index is 549. The minimum atomic E-state index is -0.355. The molecule has 1 aromatic heterocycles. The van der Waals surface area contributed by atoms with Gasteiger partial charge in [-0.1, -0.05) is 19.8 Å². The van der Waals surface area contributed by atoms with Gasteiger partial charge >= 0.3 is 0 Å². The molecule has 1 saturated heterocycles. The van der Waals surface area contributed by atoms with Crippen LogP contribution in [-0.2, 0) is 4.79 Å². The van der Waals surface area contributed by atoms with E-state index in [1.807, 2.05) is 0 Å². The Balaban J connectivity index is 1.59. The summed E-state index contributed by atoms with van der Waals surface area (Å²) in [5, 5.41) is 3.12. The molecule has 0 radical (unpaired) electrons. The minimum Gasteiger partial charge on any atom is -0.459 e. The number of furan rings is 1. The topological polar surface area (TPSA) is 62.6 Å². The molecule has 0 spiro atoms. The Kier molecular flexibility index (Phi) is 4.74. The Morgan fingerprint density at radius 2 is 2.22 bits per heavy atom. The van der Waals surface area contributed by atoms with Crippen molar-refractivity contribution in [3.8, 4) is 0 Å². The van der Waals surface area contributed by atoms with Gasteiger partial charge in [0.2, 0.25) is 5.91 Å². The molecular weight excluding hydrogens is 292 g/mol. The van der Waals surface area contributed by atoms with Crippen molar-refractivity contribution in [2.45, 2.75) is 57.9 Å². The van der Waals surface area contributed by atoms with Crippen LogP contribution in [0.4, 0.5) is 0 Å². The number of nitrogens with zero attached hydrogens (tertiary/aromatic N) is 1. The molecule has 1 unspecified atom stereocenters. The Labute approximate surface area is 137 Å². The predicted octanol–water partition coefficient (Wildman–Crippen LogP) is 2.97. The van der Waals surface area contributed by atoms with E-state index in [1.54, 1.807) is 17.0 Å². The van der Waals surface area contributed by atoms with E-state index in [-0.39, 0.29) is 17.9 Å². The second kappa shape index (κ2) is 6.77. The van der Waals surface area contributed by atoms with Gasteiger partial charge in [0.15, 0.2) is 5.76 Å². The van der Waals surface area contributed by atoms with Crippen molar-refractivity contribution in [2.75, 3.05) is 13.1 Å². The van der Waals surface area contributed by atoms with E-state index in [0.29, 0.717) is 17.7 Å². The van der Waals surface area contributed by atoms with Gasteiger partial charge < -0.3 is 14.6 Å². The van der Waals surface area contributed by atoms with E-state index in [4.69, 9.17) is 4.42 Å². The maximum atomic E-state index is 12.6. The maximum Gasteiger partial charge on any atom is 0.290 e. The summed E-state index contributed by atoms with van der Waals surface area (Å²) in [5.41, 5.74) is 0.304. The first-order chi connectivity index (χ1) is 11.2. The molecule has 23 heavy (non-hydrogen) atoms. The van der Waals surface area contributed by atoms with E-state index in [9.17, 15) is 9.59 Å². The van der Waals surface area contributed by atoms with Crippen molar-refractivity contribution in [3.63, 3.8) is 0 Å². The number of amides is 2. The lowest BCUT2D eigenvalue weighted by Gasteiger charge is -2.42. The number of hydrogen-bond donors (Lipinski definition) is 1. The van der Waals surface area contributed by atoms with Crippen LogP contribution in [0.15, 0.2) is 22.8 Å². The lowest BCUT2D eigenvalue weighted by Crippen LogP contribution is -2.49. The van der Waals surface area contributed by atoms with Crippen molar-refractivity contribution in [1.29, 1.82) is 0 Å². The molecule has 1 atom stereocenters. The normalized spacial score (nSPS) is 22.7. The molecule has 1 saturated carbocycles. The van der Waals surface area contributed by atoms with Gasteiger partial charge in [-0.2, -0.15) is 0 Å². The summed E-state index contributed by atoms with van der Waals surface area (Å²) in [4.78, 5) is 26.7. The highest BCUT2D eigenvalue weighted by Crippen LogP contribution is 2.44. The molecule has 1 N–H and O–H groups in total. The van der Waals surface area contributed by atoms with E-state index >= 15 is 0 Å². The fraction of sp³-hybridized carbons (Fsp3) is 0.667. The van der Waals surface area contributed by atoms with Gasteiger partial charge in [-0.15, -0.1) is 0 Å². The average molecular weight is 318 g/mol. The summed E-state index contributed by atoms with van der Waals surface area (Å²) < 4.78 is 5.19. The Hall–Kier alpha value is -1.78. The SMILES string of the molecule is CCCC1(CNC(=O)C2CCCN2C(=O)c2ccco2)CCC1. The first-order valence-corrected chi connectivity index (χ1v) is 8.77. The van der Waals surface area contributed by atoms with Crippen LogP contribution in [0.1, 0.15) is 62.4 Å². The third-order valence-corrected chi connectivity index (χ3v) is 5.38. The lowest BCUT2D eigenvalue weighted by atomic mass is 9.66. The fourth-order valence-corrected chi connectivity index (χ4v) is 3.94. The van der Waals surface area contributed by atoms with Crippen molar-refractivity contribution < 1.29 is 14.0 Å². The van der Waals surface area contributed by atoms with Crippen molar-refractivity contribution in [1.82, 2.24) is 10.2 Å². The standard InChI is InChI=1S/C18H26N2O3/c1-2-8-18(9-5-10-18)13-19-16(21)14-6-3-11-20(14)17(22)15-7-4-12-23-15/h4,7,12,14H,2-3,5-6,8-11,13H2,1H3,(H,19,21). The van der Waals surface area contributed by atoms with E-state index in [0.717, 1.165) is 25.8 Å². The summed E-state index contributed by atoms with van der Waals surface area (Å²) in [6, 6.07) is 3.00. The highest BCUT2D eigenvalue weighted by Gasteiger charge is 2.39. The van der Waals surface area contributed by atoms with Crippen LogP contribution in [-0.4, -0.2) is 35.8 Å². The van der Waals surface area contributed by atoms with Gasteiger partial charge in [-0.3, -0.25) is 9.59 Å². The molecule has 0 aromatic carbocycles. The molecule has 5 nitrogen and oxygen atoms in total. The van der Waals surface area contributed by atoms with Crippen LogP contribution in [0.3, 0.4) is 0 Å². The predicted molar refractivity (Wildman–Crippen MR) is 87.0 cm³/mol. The molecule has 2 heterocycles. The number of hydrogen-bond acceptors (Lipinski definition) is 3.